The molecular formula is C13H26O3. The predicted molar refractivity (Wildman–Crippen MR) is 64.7 cm³/mol. The molecule has 0 aromatic heterocycles. The molecular weight excluding hydrogens is 204 g/mol. The second kappa shape index (κ2) is 5.99. The summed E-state index contributed by atoms with van der Waals surface area (Å²) < 4.78 is 16.7. The first-order valence-electron chi connectivity index (χ1n) is 6.42. The highest BCUT2D eigenvalue weighted by Crippen LogP contribution is 2.48. The van der Waals surface area contributed by atoms with Gasteiger partial charge < -0.3 is 14.2 Å². The quantitative estimate of drug-likeness (QED) is 0.743. The van der Waals surface area contributed by atoms with Crippen LogP contribution in [0.2, 0.25) is 0 Å². The number of methoxy groups -OCH3 is 2. The lowest BCUT2D eigenvalue weighted by Gasteiger charge is -2.39. The summed E-state index contributed by atoms with van der Waals surface area (Å²) in [7, 11) is 3.51. The van der Waals surface area contributed by atoms with Crippen LogP contribution in [0, 0.1) is 0 Å². The highest BCUT2D eigenvalue weighted by Gasteiger charge is 2.52. The van der Waals surface area contributed by atoms with Gasteiger partial charge in [0.1, 0.15) is 0 Å². The van der Waals surface area contributed by atoms with E-state index in [1.54, 1.807) is 14.2 Å². The molecule has 96 valence electrons. The van der Waals surface area contributed by atoms with Crippen LogP contribution in [-0.4, -0.2) is 38.6 Å². The molecule has 2 fully saturated rings. The van der Waals surface area contributed by atoms with Gasteiger partial charge in [0.05, 0.1) is 24.4 Å². The van der Waals surface area contributed by atoms with Gasteiger partial charge in [0, 0.05) is 14.2 Å². The summed E-state index contributed by atoms with van der Waals surface area (Å²) in [4.78, 5) is 0. The van der Waals surface area contributed by atoms with Crippen molar-refractivity contribution in [1.82, 2.24) is 0 Å². The Kier molecular flexibility index (Phi) is 5.22. The van der Waals surface area contributed by atoms with E-state index in [0.29, 0.717) is 0 Å². The first-order valence-corrected chi connectivity index (χ1v) is 6.42. The van der Waals surface area contributed by atoms with Gasteiger partial charge in [-0.3, -0.25) is 0 Å². The Morgan fingerprint density at radius 2 is 1.31 bits per heavy atom. The minimum absolute atomic E-state index is 0.00549. The molecule has 3 nitrogen and oxygen atoms in total. The van der Waals surface area contributed by atoms with Crippen LogP contribution in [0.1, 0.15) is 46.0 Å². The molecule has 2 atom stereocenters. The van der Waals surface area contributed by atoms with Crippen molar-refractivity contribution in [2.75, 3.05) is 27.4 Å². The monoisotopic (exact) mass is 230 g/mol. The molecule has 3 heteroatoms. The summed E-state index contributed by atoms with van der Waals surface area (Å²) in [6.07, 6.45) is 5.79. The summed E-state index contributed by atoms with van der Waals surface area (Å²) in [5, 5.41) is 0. The molecule has 0 N–H and O–H groups in total. The van der Waals surface area contributed by atoms with Gasteiger partial charge in [-0.15, -0.1) is 0 Å². The molecule has 2 rings (SSSR count). The SMILES string of the molecule is CC.COC[C@]12CCC[C@](COC)(CC1)O2. The summed E-state index contributed by atoms with van der Waals surface area (Å²) in [6, 6.07) is 0. The van der Waals surface area contributed by atoms with E-state index in [0.717, 1.165) is 38.9 Å². The lowest BCUT2D eigenvalue weighted by Crippen LogP contribution is -2.45. The largest absolute Gasteiger partial charge is 0.382 e. The zero-order valence-corrected chi connectivity index (χ0v) is 11.2. The van der Waals surface area contributed by atoms with Crippen molar-refractivity contribution < 1.29 is 14.2 Å². The predicted octanol–water partition coefficient (Wildman–Crippen LogP) is 2.78. The van der Waals surface area contributed by atoms with Crippen LogP contribution >= 0.6 is 0 Å². The fraction of sp³-hybridized carbons (Fsp3) is 1.00. The van der Waals surface area contributed by atoms with Crippen LogP contribution in [0.3, 0.4) is 0 Å². The Bertz CT molecular complexity index is 179. The smallest absolute Gasteiger partial charge is 0.0924 e. The van der Waals surface area contributed by atoms with E-state index in [1.165, 1.54) is 6.42 Å². The standard InChI is InChI=1S/C11H20O3.C2H6/c1-12-8-10-4-3-5-11(14-10,7-6-10)9-13-2;1-2/h3-9H2,1-2H3;1-2H3/t10-,11+;. The summed E-state index contributed by atoms with van der Waals surface area (Å²) in [5.41, 5.74) is 0.0110. The zero-order valence-electron chi connectivity index (χ0n) is 11.2. The highest BCUT2D eigenvalue weighted by atomic mass is 16.6. The summed E-state index contributed by atoms with van der Waals surface area (Å²) in [6.45, 7) is 5.47. The Balaban J connectivity index is 0.000000606. The first-order chi connectivity index (χ1) is 7.74. The molecule has 2 heterocycles. The molecule has 0 aliphatic carbocycles. The maximum Gasteiger partial charge on any atom is 0.0924 e. The van der Waals surface area contributed by atoms with E-state index < -0.39 is 0 Å². The second-order valence-corrected chi connectivity index (χ2v) is 4.69. The molecule has 0 spiro atoms. The van der Waals surface area contributed by atoms with E-state index in [-0.39, 0.29) is 11.2 Å². The van der Waals surface area contributed by atoms with Crippen molar-refractivity contribution in [2.45, 2.75) is 57.2 Å². The molecule has 2 bridgehead atoms. The van der Waals surface area contributed by atoms with Crippen LogP contribution in [0.25, 0.3) is 0 Å². The number of fused-ring (bicyclic) bond motifs is 2. The Morgan fingerprint density at radius 3 is 1.69 bits per heavy atom. The first kappa shape index (κ1) is 13.9. The number of rotatable bonds is 4. The average molecular weight is 230 g/mol. The van der Waals surface area contributed by atoms with Gasteiger partial charge in [-0.05, 0) is 32.1 Å². The Labute approximate surface area is 99.5 Å². The number of hydrogen-bond acceptors (Lipinski definition) is 3. The molecule has 0 aromatic carbocycles. The zero-order chi connectivity index (χ0) is 12.1. The van der Waals surface area contributed by atoms with Crippen LogP contribution in [0.5, 0.6) is 0 Å². The van der Waals surface area contributed by atoms with Crippen molar-refractivity contribution in [3.05, 3.63) is 0 Å². The molecule has 0 unspecified atom stereocenters. The van der Waals surface area contributed by atoms with E-state index >= 15 is 0 Å². The van der Waals surface area contributed by atoms with E-state index in [2.05, 4.69) is 0 Å². The molecule has 2 saturated heterocycles. The van der Waals surface area contributed by atoms with Crippen LogP contribution < -0.4 is 0 Å². The molecule has 0 saturated carbocycles. The van der Waals surface area contributed by atoms with E-state index in [1.807, 2.05) is 13.8 Å². The molecule has 16 heavy (non-hydrogen) atoms. The topological polar surface area (TPSA) is 27.7 Å². The van der Waals surface area contributed by atoms with Gasteiger partial charge >= 0.3 is 0 Å². The third kappa shape index (κ3) is 2.76. The summed E-state index contributed by atoms with van der Waals surface area (Å²) in [5.74, 6) is 0. The maximum absolute atomic E-state index is 6.20. The summed E-state index contributed by atoms with van der Waals surface area (Å²) >= 11 is 0. The Hall–Kier alpha value is -0.120. The van der Waals surface area contributed by atoms with E-state index in [9.17, 15) is 0 Å². The van der Waals surface area contributed by atoms with Crippen LogP contribution in [0.15, 0.2) is 0 Å². The number of ether oxygens (including phenoxy) is 3. The molecule has 0 amide bonds. The molecule has 2 aliphatic rings. The normalized spacial score (nSPS) is 36.8. The Morgan fingerprint density at radius 1 is 0.875 bits per heavy atom. The molecule has 2 aliphatic heterocycles. The lowest BCUT2D eigenvalue weighted by molar-refractivity contribution is -0.178. The van der Waals surface area contributed by atoms with Crippen LogP contribution in [-0.2, 0) is 14.2 Å². The van der Waals surface area contributed by atoms with Crippen molar-refractivity contribution in [2.24, 2.45) is 0 Å². The van der Waals surface area contributed by atoms with Crippen molar-refractivity contribution in [3.63, 3.8) is 0 Å². The van der Waals surface area contributed by atoms with Crippen molar-refractivity contribution >= 4 is 0 Å². The second-order valence-electron chi connectivity index (χ2n) is 4.69. The third-order valence-electron chi connectivity index (χ3n) is 3.55. The molecule has 0 aromatic rings. The van der Waals surface area contributed by atoms with Gasteiger partial charge in [0.2, 0.25) is 0 Å². The minimum Gasteiger partial charge on any atom is -0.382 e. The van der Waals surface area contributed by atoms with Crippen LogP contribution in [0.4, 0.5) is 0 Å². The third-order valence-corrected chi connectivity index (χ3v) is 3.55. The molecule has 0 radical (unpaired) electrons. The maximum atomic E-state index is 6.20. The fourth-order valence-corrected chi connectivity index (χ4v) is 2.98. The van der Waals surface area contributed by atoms with Gasteiger partial charge in [-0.1, -0.05) is 13.8 Å². The van der Waals surface area contributed by atoms with E-state index in [4.69, 9.17) is 14.2 Å². The lowest BCUT2D eigenvalue weighted by atomic mass is 9.93. The number of hydrogen-bond donors (Lipinski definition) is 0. The fourth-order valence-electron chi connectivity index (χ4n) is 2.98. The average Bonchev–Trinajstić information content (AvgIpc) is 2.55. The van der Waals surface area contributed by atoms with Gasteiger partial charge in [-0.2, -0.15) is 0 Å². The van der Waals surface area contributed by atoms with Gasteiger partial charge in [0.25, 0.3) is 0 Å². The minimum atomic E-state index is 0.00549. The highest BCUT2D eigenvalue weighted by molar-refractivity contribution is 5.01. The van der Waals surface area contributed by atoms with Crippen molar-refractivity contribution in [1.29, 1.82) is 0 Å². The van der Waals surface area contributed by atoms with Gasteiger partial charge in [-0.25, -0.2) is 0 Å². The van der Waals surface area contributed by atoms with Crippen molar-refractivity contribution in [3.8, 4) is 0 Å². The van der Waals surface area contributed by atoms with Gasteiger partial charge in [0.15, 0.2) is 0 Å².